The number of guanidine groups is 1. The van der Waals surface area contributed by atoms with E-state index in [9.17, 15) is 0 Å². The number of thiophene rings is 1. The van der Waals surface area contributed by atoms with E-state index in [1.54, 1.807) is 0 Å². The van der Waals surface area contributed by atoms with Crippen LogP contribution in [0.15, 0.2) is 17.1 Å². The Hall–Kier alpha value is -1.11. The van der Waals surface area contributed by atoms with E-state index in [1.165, 1.54) is 42.5 Å². The number of hydrogen-bond donors (Lipinski definition) is 2. The molecule has 2 atom stereocenters. The average molecular weight is 380 g/mol. The maximum Gasteiger partial charge on any atom is 0.191 e. The largest absolute Gasteiger partial charge is 0.356 e. The van der Waals surface area contributed by atoms with E-state index in [0.717, 1.165) is 25.5 Å². The number of aryl methyl sites for hydroxylation is 1. The summed E-state index contributed by atoms with van der Waals surface area (Å²) in [4.78, 5) is 12.3. The molecule has 0 aromatic carbocycles. The molecular formula is C20H37N5S. The molecule has 2 rings (SSSR count). The Balaban J connectivity index is 1.67. The normalized spacial score (nSPS) is 19.3. The average Bonchev–Trinajstić information content (AvgIpc) is 3.03. The highest BCUT2D eigenvalue weighted by Gasteiger charge is 2.17. The molecule has 1 saturated heterocycles. The van der Waals surface area contributed by atoms with Crippen LogP contribution in [-0.4, -0.2) is 74.7 Å². The van der Waals surface area contributed by atoms with Crippen molar-refractivity contribution in [2.24, 2.45) is 10.9 Å². The second kappa shape index (κ2) is 10.9. The van der Waals surface area contributed by atoms with Gasteiger partial charge in [-0.25, -0.2) is 0 Å². The van der Waals surface area contributed by atoms with E-state index < -0.39 is 0 Å². The molecule has 2 N–H and O–H groups in total. The minimum atomic E-state index is 0.372. The van der Waals surface area contributed by atoms with E-state index in [-0.39, 0.29) is 0 Å². The Morgan fingerprint density at radius 3 is 2.46 bits per heavy atom. The van der Waals surface area contributed by atoms with Crippen molar-refractivity contribution in [2.75, 3.05) is 52.9 Å². The zero-order valence-corrected chi connectivity index (χ0v) is 18.0. The molecule has 1 aromatic rings. The summed E-state index contributed by atoms with van der Waals surface area (Å²) in [6.07, 6.45) is 1.04. The first kappa shape index (κ1) is 21.2. The Labute approximate surface area is 163 Å². The molecule has 148 valence electrons. The van der Waals surface area contributed by atoms with Crippen LogP contribution in [0.1, 0.15) is 30.5 Å². The fourth-order valence-corrected chi connectivity index (χ4v) is 4.46. The van der Waals surface area contributed by atoms with Gasteiger partial charge in [0.1, 0.15) is 0 Å². The highest BCUT2D eigenvalue weighted by Crippen LogP contribution is 2.16. The third kappa shape index (κ3) is 7.25. The molecule has 2 heterocycles. The van der Waals surface area contributed by atoms with E-state index in [0.29, 0.717) is 12.0 Å². The quantitative estimate of drug-likeness (QED) is 0.538. The van der Waals surface area contributed by atoms with Crippen LogP contribution >= 0.6 is 11.3 Å². The second-order valence-electron chi connectivity index (χ2n) is 7.56. The Bertz CT molecular complexity index is 548. The first-order valence-electron chi connectivity index (χ1n) is 9.97. The van der Waals surface area contributed by atoms with Crippen molar-refractivity contribution >= 4 is 17.3 Å². The molecule has 2 unspecified atom stereocenters. The molecular weight excluding hydrogens is 342 g/mol. The lowest BCUT2D eigenvalue weighted by Crippen LogP contribution is -2.49. The molecule has 1 aromatic heterocycles. The van der Waals surface area contributed by atoms with E-state index >= 15 is 0 Å². The van der Waals surface area contributed by atoms with E-state index in [4.69, 9.17) is 0 Å². The maximum absolute atomic E-state index is 4.39. The summed E-state index contributed by atoms with van der Waals surface area (Å²) in [6, 6.07) is 4.80. The van der Waals surface area contributed by atoms with Crippen LogP contribution in [0, 0.1) is 12.8 Å². The van der Waals surface area contributed by atoms with Gasteiger partial charge in [0.05, 0.1) is 0 Å². The summed E-state index contributed by atoms with van der Waals surface area (Å²) in [5.74, 6) is 1.52. The molecule has 0 bridgehead atoms. The molecule has 0 saturated carbocycles. The highest BCUT2D eigenvalue weighted by molar-refractivity contribution is 7.11. The maximum atomic E-state index is 4.39. The van der Waals surface area contributed by atoms with E-state index in [2.05, 4.69) is 65.3 Å². The fraction of sp³-hybridized carbons (Fsp3) is 0.750. The molecule has 1 aliphatic rings. The molecule has 1 aliphatic heterocycles. The fourth-order valence-electron chi connectivity index (χ4n) is 3.44. The number of aliphatic imine (C=N–C) groups is 1. The highest BCUT2D eigenvalue weighted by atomic mass is 32.1. The zero-order valence-electron chi connectivity index (χ0n) is 17.2. The van der Waals surface area contributed by atoms with Gasteiger partial charge in [-0.15, -0.1) is 11.3 Å². The van der Waals surface area contributed by atoms with Gasteiger partial charge >= 0.3 is 0 Å². The molecule has 26 heavy (non-hydrogen) atoms. The number of likely N-dealkylation sites (N-methyl/N-ethyl adjacent to an activating group) is 1. The first-order chi connectivity index (χ1) is 12.5. The summed E-state index contributed by atoms with van der Waals surface area (Å²) in [7, 11) is 1.85. The smallest absolute Gasteiger partial charge is 0.191 e. The summed E-state index contributed by atoms with van der Waals surface area (Å²) in [6.45, 7) is 17.1. The lowest BCUT2D eigenvalue weighted by molar-refractivity contribution is 0.124. The monoisotopic (exact) mass is 379 g/mol. The van der Waals surface area contributed by atoms with Crippen LogP contribution in [0.3, 0.4) is 0 Å². The zero-order chi connectivity index (χ0) is 18.9. The second-order valence-corrected chi connectivity index (χ2v) is 8.93. The van der Waals surface area contributed by atoms with E-state index in [1.807, 2.05) is 18.4 Å². The van der Waals surface area contributed by atoms with Crippen molar-refractivity contribution in [3.05, 3.63) is 21.9 Å². The van der Waals surface area contributed by atoms with Gasteiger partial charge in [-0.1, -0.05) is 13.8 Å². The van der Waals surface area contributed by atoms with Crippen molar-refractivity contribution < 1.29 is 0 Å². The molecule has 0 spiro atoms. The van der Waals surface area contributed by atoms with Gasteiger partial charge in [0.25, 0.3) is 0 Å². The summed E-state index contributed by atoms with van der Waals surface area (Å²) in [5.41, 5.74) is 0. The molecule has 5 nitrogen and oxygen atoms in total. The van der Waals surface area contributed by atoms with Gasteiger partial charge < -0.3 is 20.4 Å². The third-order valence-corrected chi connectivity index (χ3v) is 6.03. The Morgan fingerprint density at radius 2 is 1.88 bits per heavy atom. The number of piperazine rings is 1. The van der Waals surface area contributed by atoms with Gasteiger partial charge in [0.2, 0.25) is 0 Å². The molecule has 1 fully saturated rings. The van der Waals surface area contributed by atoms with Gasteiger partial charge in [-0.3, -0.25) is 4.99 Å². The Morgan fingerprint density at radius 1 is 1.19 bits per heavy atom. The lowest BCUT2D eigenvalue weighted by atomic mass is 10.1. The number of hydrogen-bond acceptors (Lipinski definition) is 4. The van der Waals surface area contributed by atoms with Gasteiger partial charge in [0.15, 0.2) is 5.96 Å². The molecule has 6 heteroatoms. The molecule has 0 aliphatic carbocycles. The lowest BCUT2D eigenvalue weighted by Gasteiger charge is -2.35. The number of rotatable bonds is 8. The minimum absolute atomic E-state index is 0.372. The van der Waals surface area contributed by atoms with Crippen LogP contribution in [0.5, 0.6) is 0 Å². The van der Waals surface area contributed by atoms with Crippen molar-refractivity contribution in [1.82, 2.24) is 20.4 Å². The van der Waals surface area contributed by atoms with Crippen LogP contribution in [0.25, 0.3) is 0 Å². The first-order valence-corrected chi connectivity index (χ1v) is 10.8. The molecule has 0 radical (unpaired) electrons. The topological polar surface area (TPSA) is 42.9 Å². The van der Waals surface area contributed by atoms with Crippen LogP contribution < -0.4 is 10.6 Å². The van der Waals surface area contributed by atoms with Crippen LogP contribution in [0.2, 0.25) is 0 Å². The minimum Gasteiger partial charge on any atom is -0.356 e. The summed E-state index contributed by atoms with van der Waals surface area (Å²) >= 11 is 1.88. The van der Waals surface area contributed by atoms with Crippen molar-refractivity contribution in [3.8, 4) is 0 Å². The standard InChI is InChI=1S/C20H37N5S/c1-6-24-9-11-25(12-10-24)15-16(2)14-22-20(21-5)23-17(3)13-19-8-7-18(4)26-19/h7-8,16-17H,6,9-15H2,1-5H3,(H2,21,22,23). The van der Waals surface area contributed by atoms with Crippen LogP contribution in [-0.2, 0) is 6.42 Å². The van der Waals surface area contributed by atoms with Gasteiger partial charge in [-0.05, 0) is 38.4 Å². The van der Waals surface area contributed by atoms with Gasteiger partial charge in [-0.2, -0.15) is 0 Å². The number of nitrogens with one attached hydrogen (secondary N) is 2. The SMILES string of the molecule is CCN1CCN(CC(C)CNC(=NC)NC(C)Cc2ccc(C)s2)CC1. The predicted octanol–water partition coefficient (Wildman–Crippen LogP) is 2.43. The van der Waals surface area contributed by atoms with Gasteiger partial charge in [0, 0.05) is 68.5 Å². The summed E-state index contributed by atoms with van der Waals surface area (Å²) < 4.78 is 0. The molecule has 0 amide bonds. The van der Waals surface area contributed by atoms with Crippen molar-refractivity contribution in [3.63, 3.8) is 0 Å². The van der Waals surface area contributed by atoms with Crippen molar-refractivity contribution in [1.29, 1.82) is 0 Å². The summed E-state index contributed by atoms with van der Waals surface area (Å²) in [5, 5.41) is 7.03. The number of nitrogens with zero attached hydrogens (tertiary/aromatic N) is 3. The van der Waals surface area contributed by atoms with Crippen molar-refractivity contribution in [2.45, 2.75) is 40.2 Å². The predicted molar refractivity (Wildman–Crippen MR) is 114 cm³/mol. The van der Waals surface area contributed by atoms with Crippen LogP contribution in [0.4, 0.5) is 0 Å². The third-order valence-electron chi connectivity index (χ3n) is 5.01. The Kier molecular flexibility index (Phi) is 8.88.